The molecule has 0 bridgehead atoms. The SMILES string of the molecule is CCNC(=NCc1cccc(OC)c1)NCCCc1ccccc1. The number of guanidine groups is 1. The number of nitrogens with zero attached hydrogens (tertiary/aromatic N) is 1. The van der Waals surface area contributed by atoms with Crippen molar-refractivity contribution in [3.63, 3.8) is 0 Å². The summed E-state index contributed by atoms with van der Waals surface area (Å²) in [6.45, 7) is 4.46. The van der Waals surface area contributed by atoms with Gasteiger partial charge in [-0.05, 0) is 43.0 Å². The molecule has 0 fully saturated rings. The number of benzene rings is 2. The zero-order valence-corrected chi connectivity index (χ0v) is 14.6. The molecule has 4 nitrogen and oxygen atoms in total. The molecule has 0 heterocycles. The molecule has 24 heavy (non-hydrogen) atoms. The third kappa shape index (κ3) is 6.32. The first-order chi connectivity index (χ1) is 11.8. The van der Waals surface area contributed by atoms with Crippen molar-refractivity contribution in [3.05, 3.63) is 65.7 Å². The predicted molar refractivity (Wildman–Crippen MR) is 101 cm³/mol. The summed E-state index contributed by atoms with van der Waals surface area (Å²) in [4.78, 5) is 4.64. The van der Waals surface area contributed by atoms with E-state index in [0.29, 0.717) is 6.54 Å². The van der Waals surface area contributed by atoms with Crippen LogP contribution in [0.1, 0.15) is 24.5 Å². The molecule has 0 saturated heterocycles. The van der Waals surface area contributed by atoms with E-state index in [4.69, 9.17) is 4.74 Å². The van der Waals surface area contributed by atoms with Crippen molar-refractivity contribution in [2.24, 2.45) is 4.99 Å². The Hall–Kier alpha value is -2.49. The molecule has 0 radical (unpaired) electrons. The van der Waals surface area contributed by atoms with E-state index in [1.165, 1.54) is 5.56 Å². The second-order valence-electron chi connectivity index (χ2n) is 5.56. The molecule has 2 aromatic carbocycles. The van der Waals surface area contributed by atoms with Crippen LogP contribution < -0.4 is 15.4 Å². The summed E-state index contributed by atoms with van der Waals surface area (Å²) in [6.07, 6.45) is 2.15. The molecular weight excluding hydrogens is 298 g/mol. The van der Waals surface area contributed by atoms with Gasteiger partial charge in [0.1, 0.15) is 5.75 Å². The highest BCUT2D eigenvalue weighted by Crippen LogP contribution is 2.13. The summed E-state index contributed by atoms with van der Waals surface area (Å²) in [5.74, 6) is 1.72. The van der Waals surface area contributed by atoms with Gasteiger partial charge < -0.3 is 15.4 Å². The van der Waals surface area contributed by atoms with Gasteiger partial charge in [0.05, 0.1) is 13.7 Å². The third-order valence-corrected chi connectivity index (χ3v) is 3.68. The number of hydrogen-bond donors (Lipinski definition) is 2. The lowest BCUT2D eigenvalue weighted by molar-refractivity contribution is 0.414. The first-order valence-corrected chi connectivity index (χ1v) is 8.51. The Bertz CT molecular complexity index is 626. The first-order valence-electron chi connectivity index (χ1n) is 8.51. The maximum Gasteiger partial charge on any atom is 0.191 e. The number of rotatable bonds is 8. The Morgan fingerprint density at radius 3 is 2.54 bits per heavy atom. The molecule has 2 N–H and O–H groups in total. The Morgan fingerprint density at radius 2 is 1.79 bits per heavy atom. The fourth-order valence-corrected chi connectivity index (χ4v) is 2.43. The summed E-state index contributed by atoms with van der Waals surface area (Å²) in [5, 5.41) is 6.69. The van der Waals surface area contributed by atoms with Crippen LogP contribution in [-0.4, -0.2) is 26.2 Å². The Balaban J connectivity index is 1.81. The van der Waals surface area contributed by atoms with E-state index in [-0.39, 0.29) is 0 Å². The van der Waals surface area contributed by atoms with Crippen molar-refractivity contribution in [1.29, 1.82) is 0 Å². The van der Waals surface area contributed by atoms with Crippen molar-refractivity contribution >= 4 is 5.96 Å². The summed E-state index contributed by atoms with van der Waals surface area (Å²) in [6, 6.07) is 18.6. The van der Waals surface area contributed by atoms with Gasteiger partial charge in [-0.25, -0.2) is 4.99 Å². The zero-order valence-electron chi connectivity index (χ0n) is 14.6. The standard InChI is InChI=1S/C20H27N3O/c1-3-21-20(22-14-8-12-17-9-5-4-6-10-17)23-16-18-11-7-13-19(15-18)24-2/h4-7,9-11,13,15H,3,8,12,14,16H2,1-2H3,(H2,21,22,23). The molecule has 0 aliphatic rings. The number of ether oxygens (including phenoxy) is 1. The van der Waals surface area contributed by atoms with Gasteiger partial charge in [-0.1, -0.05) is 42.5 Å². The third-order valence-electron chi connectivity index (χ3n) is 3.68. The second kappa shape index (κ2) is 10.3. The van der Waals surface area contributed by atoms with E-state index >= 15 is 0 Å². The van der Waals surface area contributed by atoms with E-state index in [1.54, 1.807) is 7.11 Å². The highest BCUT2D eigenvalue weighted by atomic mass is 16.5. The minimum absolute atomic E-state index is 0.630. The Labute approximate surface area is 145 Å². The number of methoxy groups -OCH3 is 1. The van der Waals surface area contributed by atoms with Crippen LogP contribution in [0.15, 0.2) is 59.6 Å². The summed E-state index contributed by atoms with van der Waals surface area (Å²) >= 11 is 0. The van der Waals surface area contributed by atoms with Crippen molar-refractivity contribution in [3.8, 4) is 5.75 Å². The van der Waals surface area contributed by atoms with Crippen molar-refractivity contribution in [2.45, 2.75) is 26.3 Å². The van der Waals surface area contributed by atoms with E-state index < -0.39 is 0 Å². The minimum atomic E-state index is 0.630. The van der Waals surface area contributed by atoms with Crippen LogP contribution in [0.5, 0.6) is 5.75 Å². The molecule has 2 aromatic rings. The zero-order chi connectivity index (χ0) is 17.0. The quantitative estimate of drug-likeness (QED) is 0.444. The van der Waals surface area contributed by atoms with Crippen LogP contribution in [0.3, 0.4) is 0 Å². The molecule has 2 rings (SSSR count). The molecule has 0 amide bonds. The lowest BCUT2D eigenvalue weighted by atomic mass is 10.1. The Kier molecular flexibility index (Phi) is 7.68. The minimum Gasteiger partial charge on any atom is -0.497 e. The molecule has 0 aliphatic heterocycles. The molecule has 0 unspecified atom stereocenters. The molecule has 4 heteroatoms. The molecule has 0 atom stereocenters. The van der Waals surface area contributed by atoms with E-state index in [0.717, 1.165) is 43.2 Å². The highest BCUT2D eigenvalue weighted by molar-refractivity contribution is 5.79. The average molecular weight is 325 g/mol. The lowest BCUT2D eigenvalue weighted by Crippen LogP contribution is -2.37. The van der Waals surface area contributed by atoms with E-state index in [9.17, 15) is 0 Å². The fourth-order valence-electron chi connectivity index (χ4n) is 2.43. The fraction of sp³-hybridized carbons (Fsp3) is 0.350. The molecule has 128 valence electrons. The van der Waals surface area contributed by atoms with Gasteiger partial charge in [0.2, 0.25) is 0 Å². The van der Waals surface area contributed by atoms with Gasteiger partial charge in [-0.2, -0.15) is 0 Å². The Morgan fingerprint density at radius 1 is 1.00 bits per heavy atom. The average Bonchev–Trinajstić information content (AvgIpc) is 2.64. The van der Waals surface area contributed by atoms with Crippen molar-refractivity contribution in [1.82, 2.24) is 10.6 Å². The monoisotopic (exact) mass is 325 g/mol. The van der Waals surface area contributed by atoms with Gasteiger partial charge in [0.15, 0.2) is 5.96 Å². The van der Waals surface area contributed by atoms with Crippen LogP contribution in [-0.2, 0) is 13.0 Å². The molecule has 0 saturated carbocycles. The topological polar surface area (TPSA) is 45.7 Å². The van der Waals surface area contributed by atoms with Gasteiger partial charge in [-0.15, -0.1) is 0 Å². The molecular formula is C20H27N3O. The van der Waals surface area contributed by atoms with Crippen molar-refractivity contribution < 1.29 is 4.74 Å². The van der Waals surface area contributed by atoms with Crippen LogP contribution in [0.25, 0.3) is 0 Å². The molecule has 0 spiro atoms. The summed E-state index contributed by atoms with van der Waals surface area (Å²) in [5.41, 5.74) is 2.51. The number of aryl methyl sites for hydroxylation is 1. The maximum absolute atomic E-state index is 5.25. The molecule has 0 aromatic heterocycles. The first kappa shape index (κ1) is 17.9. The van der Waals surface area contributed by atoms with Crippen molar-refractivity contribution in [2.75, 3.05) is 20.2 Å². The van der Waals surface area contributed by atoms with E-state index in [2.05, 4.69) is 58.9 Å². The predicted octanol–water partition coefficient (Wildman–Crippen LogP) is 3.38. The van der Waals surface area contributed by atoms with Gasteiger partial charge >= 0.3 is 0 Å². The second-order valence-corrected chi connectivity index (χ2v) is 5.56. The smallest absolute Gasteiger partial charge is 0.191 e. The largest absolute Gasteiger partial charge is 0.497 e. The summed E-state index contributed by atoms with van der Waals surface area (Å²) in [7, 11) is 1.68. The van der Waals surface area contributed by atoms with Gasteiger partial charge in [0.25, 0.3) is 0 Å². The van der Waals surface area contributed by atoms with Gasteiger partial charge in [0, 0.05) is 13.1 Å². The molecule has 0 aliphatic carbocycles. The highest BCUT2D eigenvalue weighted by Gasteiger charge is 1.99. The lowest BCUT2D eigenvalue weighted by Gasteiger charge is -2.11. The number of nitrogens with one attached hydrogen (secondary N) is 2. The van der Waals surface area contributed by atoms with E-state index in [1.807, 2.05) is 18.2 Å². The van der Waals surface area contributed by atoms with Crippen LogP contribution >= 0.6 is 0 Å². The van der Waals surface area contributed by atoms with Crippen LogP contribution in [0.4, 0.5) is 0 Å². The van der Waals surface area contributed by atoms with Crippen LogP contribution in [0, 0.1) is 0 Å². The van der Waals surface area contributed by atoms with Gasteiger partial charge in [-0.3, -0.25) is 0 Å². The number of aliphatic imine (C=N–C) groups is 1. The number of hydrogen-bond acceptors (Lipinski definition) is 2. The maximum atomic E-state index is 5.25. The summed E-state index contributed by atoms with van der Waals surface area (Å²) < 4.78 is 5.25. The normalized spacial score (nSPS) is 11.2. The van der Waals surface area contributed by atoms with Crippen LogP contribution in [0.2, 0.25) is 0 Å².